The molecule has 3 rings (SSSR count). The van der Waals surface area contributed by atoms with Crippen LogP contribution in [-0.4, -0.2) is 0 Å². The predicted molar refractivity (Wildman–Crippen MR) is 64.7 cm³/mol. The molecule has 0 N–H and O–H groups in total. The van der Waals surface area contributed by atoms with Crippen molar-refractivity contribution < 1.29 is 0 Å². The standard InChI is InChI=1S/C15H24/c1-10-5-6-11-9-15(4)8-7-14(2,3)13(15)12(10)11/h11,13H,5-9H2,1-4H3/t11-,13?,15?/m1/s1. The van der Waals surface area contributed by atoms with E-state index >= 15 is 0 Å². The van der Waals surface area contributed by atoms with E-state index in [1.54, 1.807) is 5.57 Å². The molecule has 0 bridgehead atoms. The Bertz CT molecular complexity index is 334. The van der Waals surface area contributed by atoms with Gasteiger partial charge in [-0.3, -0.25) is 0 Å². The van der Waals surface area contributed by atoms with Crippen molar-refractivity contribution in [2.45, 2.75) is 59.8 Å². The zero-order chi connectivity index (χ0) is 10.8. The van der Waals surface area contributed by atoms with E-state index in [9.17, 15) is 0 Å². The zero-order valence-corrected chi connectivity index (χ0v) is 10.7. The van der Waals surface area contributed by atoms with Crippen molar-refractivity contribution in [3.63, 3.8) is 0 Å². The van der Waals surface area contributed by atoms with Crippen molar-refractivity contribution >= 4 is 0 Å². The molecule has 15 heavy (non-hydrogen) atoms. The van der Waals surface area contributed by atoms with Crippen LogP contribution in [-0.2, 0) is 0 Å². The second-order valence-corrected chi connectivity index (χ2v) is 7.25. The molecular formula is C15H24. The van der Waals surface area contributed by atoms with Crippen LogP contribution in [0, 0.1) is 22.7 Å². The Morgan fingerprint density at radius 2 is 1.87 bits per heavy atom. The van der Waals surface area contributed by atoms with Crippen molar-refractivity contribution in [1.82, 2.24) is 0 Å². The third kappa shape index (κ3) is 1.14. The maximum atomic E-state index is 2.56. The molecule has 0 nitrogen and oxygen atoms in total. The smallest absolute Gasteiger partial charge is 0.00923 e. The van der Waals surface area contributed by atoms with Gasteiger partial charge < -0.3 is 0 Å². The van der Waals surface area contributed by atoms with Gasteiger partial charge in [0.25, 0.3) is 0 Å². The fourth-order valence-electron chi connectivity index (χ4n) is 5.15. The van der Waals surface area contributed by atoms with Crippen LogP contribution >= 0.6 is 0 Å². The Morgan fingerprint density at radius 1 is 1.13 bits per heavy atom. The molecule has 0 saturated heterocycles. The van der Waals surface area contributed by atoms with Gasteiger partial charge in [0.2, 0.25) is 0 Å². The first-order chi connectivity index (χ1) is 6.94. The monoisotopic (exact) mass is 204 g/mol. The molecule has 3 atom stereocenters. The van der Waals surface area contributed by atoms with Crippen molar-refractivity contribution in [2.75, 3.05) is 0 Å². The van der Waals surface area contributed by atoms with Gasteiger partial charge in [-0.25, -0.2) is 0 Å². The highest BCUT2D eigenvalue weighted by Crippen LogP contribution is 2.68. The summed E-state index contributed by atoms with van der Waals surface area (Å²) < 4.78 is 0. The number of hydrogen-bond donors (Lipinski definition) is 0. The van der Waals surface area contributed by atoms with E-state index in [2.05, 4.69) is 27.7 Å². The van der Waals surface area contributed by atoms with Crippen LogP contribution in [0.1, 0.15) is 59.8 Å². The highest BCUT2D eigenvalue weighted by Gasteiger charge is 2.58. The summed E-state index contributed by atoms with van der Waals surface area (Å²) in [5.74, 6) is 1.89. The zero-order valence-electron chi connectivity index (χ0n) is 10.7. The second kappa shape index (κ2) is 2.70. The maximum Gasteiger partial charge on any atom is -0.00923 e. The van der Waals surface area contributed by atoms with Crippen LogP contribution in [0.3, 0.4) is 0 Å². The molecule has 0 aliphatic heterocycles. The molecule has 0 heteroatoms. The lowest BCUT2D eigenvalue weighted by Gasteiger charge is -2.33. The fraction of sp³-hybridized carbons (Fsp3) is 0.867. The molecule has 0 heterocycles. The van der Waals surface area contributed by atoms with E-state index in [-0.39, 0.29) is 0 Å². The Hall–Kier alpha value is -0.260. The third-order valence-electron chi connectivity index (χ3n) is 5.64. The summed E-state index contributed by atoms with van der Waals surface area (Å²) in [5.41, 5.74) is 4.89. The average molecular weight is 204 g/mol. The van der Waals surface area contributed by atoms with Crippen LogP contribution in [0.2, 0.25) is 0 Å². The molecule has 0 amide bonds. The summed E-state index contributed by atoms with van der Waals surface area (Å²) >= 11 is 0. The number of hydrogen-bond acceptors (Lipinski definition) is 0. The van der Waals surface area contributed by atoms with E-state index in [4.69, 9.17) is 0 Å². The molecule has 2 unspecified atom stereocenters. The Kier molecular flexibility index (Phi) is 1.79. The van der Waals surface area contributed by atoms with Crippen LogP contribution in [0.15, 0.2) is 11.1 Å². The number of fused-ring (bicyclic) bond motifs is 3. The molecule has 0 aromatic heterocycles. The van der Waals surface area contributed by atoms with Crippen molar-refractivity contribution in [2.24, 2.45) is 22.7 Å². The first-order valence-electron chi connectivity index (χ1n) is 6.64. The van der Waals surface area contributed by atoms with E-state index in [0.29, 0.717) is 10.8 Å². The Balaban J connectivity index is 2.10. The van der Waals surface area contributed by atoms with Crippen LogP contribution in [0.25, 0.3) is 0 Å². The molecule has 84 valence electrons. The van der Waals surface area contributed by atoms with Gasteiger partial charge in [-0.05, 0) is 61.7 Å². The molecule has 3 aliphatic carbocycles. The number of rotatable bonds is 0. The third-order valence-corrected chi connectivity index (χ3v) is 5.64. The number of allylic oxidation sites excluding steroid dienone is 2. The van der Waals surface area contributed by atoms with Gasteiger partial charge in [0.1, 0.15) is 0 Å². The predicted octanol–water partition coefficient (Wildman–Crippen LogP) is 4.56. The topological polar surface area (TPSA) is 0 Å². The minimum Gasteiger partial charge on any atom is -0.0735 e. The van der Waals surface area contributed by atoms with Crippen molar-refractivity contribution in [3.8, 4) is 0 Å². The van der Waals surface area contributed by atoms with Crippen LogP contribution in [0.5, 0.6) is 0 Å². The summed E-state index contributed by atoms with van der Waals surface area (Å²) in [4.78, 5) is 0. The van der Waals surface area contributed by atoms with Crippen molar-refractivity contribution in [3.05, 3.63) is 11.1 Å². The Morgan fingerprint density at radius 3 is 2.60 bits per heavy atom. The molecule has 0 aromatic carbocycles. The second-order valence-electron chi connectivity index (χ2n) is 7.25. The summed E-state index contributed by atoms with van der Waals surface area (Å²) in [6, 6.07) is 0. The lowest BCUT2D eigenvalue weighted by molar-refractivity contribution is 0.204. The lowest BCUT2D eigenvalue weighted by atomic mass is 9.71. The molecule has 2 fully saturated rings. The van der Waals surface area contributed by atoms with E-state index in [1.807, 2.05) is 5.57 Å². The van der Waals surface area contributed by atoms with Crippen LogP contribution < -0.4 is 0 Å². The van der Waals surface area contributed by atoms with Gasteiger partial charge >= 0.3 is 0 Å². The molecular weight excluding hydrogens is 180 g/mol. The van der Waals surface area contributed by atoms with Gasteiger partial charge in [-0.2, -0.15) is 0 Å². The largest absolute Gasteiger partial charge is 0.0735 e. The van der Waals surface area contributed by atoms with E-state index in [0.717, 1.165) is 11.8 Å². The summed E-state index contributed by atoms with van der Waals surface area (Å²) in [6.45, 7) is 9.97. The SMILES string of the molecule is CC1=C2C3C(C)(C)CCC3(C)C[C@H]2CC1. The molecule has 2 saturated carbocycles. The first-order valence-corrected chi connectivity index (χ1v) is 6.64. The fourth-order valence-corrected chi connectivity index (χ4v) is 5.15. The van der Waals surface area contributed by atoms with Crippen molar-refractivity contribution in [1.29, 1.82) is 0 Å². The minimum absolute atomic E-state index is 0.574. The first kappa shape index (κ1) is 9.93. The quantitative estimate of drug-likeness (QED) is 0.507. The summed E-state index contributed by atoms with van der Waals surface area (Å²) in [6.07, 6.45) is 7.26. The van der Waals surface area contributed by atoms with Gasteiger partial charge in [0.05, 0.1) is 0 Å². The summed E-state index contributed by atoms with van der Waals surface area (Å²) in [5, 5.41) is 0. The molecule has 0 radical (unpaired) electrons. The lowest BCUT2D eigenvalue weighted by Crippen LogP contribution is -2.26. The summed E-state index contributed by atoms with van der Waals surface area (Å²) in [7, 11) is 0. The molecule has 3 aliphatic rings. The maximum absolute atomic E-state index is 2.56. The highest BCUT2D eigenvalue weighted by atomic mass is 14.6. The minimum atomic E-state index is 0.574. The molecule has 0 aromatic rings. The van der Waals surface area contributed by atoms with Crippen LogP contribution in [0.4, 0.5) is 0 Å². The Labute approximate surface area is 94.1 Å². The molecule has 0 spiro atoms. The van der Waals surface area contributed by atoms with E-state index < -0.39 is 0 Å². The van der Waals surface area contributed by atoms with Gasteiger partial charge in [-0.1, -0.05) is 31.9 Å². The van der Waals surface area contributed by atoms with Gasteiger partial charge in [-0.15, -0.1) is 0 Å². The van der Waals surface area contributed by atoms with Gasteiger partial charge in [0.15, 0.2) is 0 Å². The highest BCUT2D eigenvalue weighted by molar-refractivity contribution is 5.34. The van der Waals surface area contributed by atoms with E-state index in [1.165, 1.54) is 32.1 Å². The van der Waals surface area contributed by atoms with Gasteiger partial charge in [0, 0.05) is 0 Å². The average Bonchev–Trinajstić information content (AvgIpc) is 2.67. The normalized spacial score (nSPS) is 47.2.